The van der Waals surface area contributed by atoms with E-state index in [1.54, 1.807) is 0 Å². The van der Waals surface area contributed by atoms with Crippen molar-refractivity contribution in [3.05, 3.63) is 39.0 Å². The Morgan fingerprint density at radius 1 is 1.13 bits per heavy atom. The summed E-state index contributed by atoms with van der Waals surface area (Å²) in [4.78, 5) is 21.7. The van der Waals surface area contributed by atoms with Gasteiger partial charge in [0.25, 0.3) is 10.1 Å². The van der Waals surface area contributed by atoms with E-state index in [9.17, 15) is 18.0 Å². The lowest BCUT2D eigenvalue weighted by Gasteiger charge is -1.95. The summed E-state index contributed by atoms with van der Waals surface area (Å²) in [6, 6.07) is 3.26. The quantitative estimate of drug-likeness (QED) is 0.680. The second-order valence-electron chi connectivity index (χ2n) is 2.86. The van der Waals surface area contributed by atoms with Crippen LogP contribution in [0.5, 0.6) is 0 Å². The van der Waals surface area contributed by atoms with Gasteiger partial charge in [0.15, 0.2) is 0 Å². The third-order valence-electron chi connectivity index (χ3n) is 1.90. The molecule has 0 spiro atoms. The maximum Gasteiger partial charge on any atom is 0.347 e. The fourth-order valence-corrected chi connectivity index (χ4v) is 1.93. The van der Waals surface area contributed by atoms with Gasteiger partial charge in [-0.05, 0) is 18.2 Å². The number of hydrogen-bond acceptors (Lipinski definition) is 5. The molecule has 3 aromatic rings. The zero-order valence-electron chi connectivity index (χ0n) is 7.13. The van der Waals surface area contributed by atoms with Gasteiger partial charge in [0.1, 0.15) is 4.90 Å². The molecule has 0 fully saturated rings. The first-order valence-corrected chi connectivity index (χ1v) is 5.21. The Kier molecular flexibility index (Phi) is 1.88. The second kappa shape index (κ2) is 2.88. The molecule has 0 saturated heterocycles. The van der Waals surface area contributed by atoms with Crippen LogP contribution >= 0.6 is 0 Å². The Hall–Kier alpha value is -1.73. The second-order valence-corrected chi connectivity index (χ2v) is 4.25. The van der Waals surface area contributed by atoms with Gasteiger partial charge in [-0.1, -0.05) is 0 Å². The molecule has 0 radical (unpaired) electrons. The molecule has 15 heavy (non-hydrogen) atoms. The van der Waals surface area contributed by atoms with Crippen molar-refractivity contribution < 1.29 is 17.4 Å². The molecule has 0 aliphatic rings. The molecule has 1 N–H and O–H groups in total. The molecule has 3 rings (SSSR count). The van der Waals surface area contributed by atoms with Crippen LogP contribution < -0.4 is 11.3 Å². The van der Waals surface area contributed by atoms with Gasteiger partial charge < -0.3 is 4.42 Å². The number of benzene rings is 1. The van der Waals surface area contributed by atoms with Gasteiger partial charge in [0.05, 0.1) is 10.8 Å². The predicted octanol–water partition coefficient (Wildman–Crippen LogP) is -0.162. The molecule has 0 unspecified atom stereocenters. The average Bonchev–Trinajstić information content (AvgIpc) is 2.33. The third kappa shape index (κ3) is 1.51. The van der Waals surface area contributed by atoms with E-state index in [2.05, 4.69) is 4.42 Å². The van der Waals surface area contributed by atoms with Crippen molar-refractivity contribution in [2.75, 3.05) is 0 Å². The zero-order chi connectivity index (χ0) is 11.2. The molecule has 0 saturated carbocycles. The molecule has 0 amide bonds. The maximum absolute atomic E-state index is 11.2. The highest BCUT2D eigenvalue weighted by atomic mass is 32.2. The highest BCUT2D eigenvalue weighted by molar-refractivity contribution is 7.86. The summed E-state index contributed by atoms with van der Waals surface area (Å²) in [5.41, 5.74) is -2.03. The molecule has 2 bridgehead atoms. The highest BCUT2D eigenvalue weighted by Crippen LogP contribution is 2.15. The Morgan fingerprint density at radius 3 is 2.40 bits per heavy atom. The van der Waals surface area contributed by atoms with Crippen LogP contribution in [0.25, 0.3) is 10.8 Å². The Bertz CT molecular complexity index is 726. The lowest BCUT2D eigenvalue weighted by atomic mass is 10.2. The van der Waals surface area contributed by atoms with Crippen LogP contribution in [-0.2, 0) is 10.1 Å². The van der Waals surface area contributed by atoms with Crippen molar-refractivity contribution in [3.63, 3.8) is 0 Å². The van der Waals surface area contributed by atoms with Gasteiger partial charge in [-0.2, -0.15) is 8.42 Å². The van der Waals surface area contributed by atoms with Crippen LogP contribution in [0.4, 0.5) is 0 Å². The first-order chi connectivity index (χ1) is 6.89. The normalized spacial score (nSPS) is 12.1. The van der Waals surface area contributed by atoms with E-state index in [1.807, 2.05) is 0 Å². The summed E-state index contributed by atoms with van der Waals surface area (Å²) in [5, 5.41) is -0.454. The molecule has 0 aliphatic heterocycles. The number of rotatable bonds is 1. The van der Waals surface area contributed by atoms with E-state index in [4.69, 9.17) is 4.55 Å². The minimum Gasteiger partial charge on any atom is -0.386 e. The lowest BCUT2D eigenvalue weighted by Crippen LogP contribution is -2.05. The fraction of sp³-hybridized carbons (Fsp3) is 0. The van der Waals surface area contributed by atoms with Crippen molar-refractivity contribution in [1.82, 2.24) is 0 Å². The van der Waals surface area contributed by atoms with Gasteiger partial charge in [0, 0.05) is 0 Å². The molecule has 7 heteroatoms. The summed E-state index contributed by atoms with van der Waals surface area (Å²) < 4.78 is 34.9. The van der Waals surface area contributed by atoms with E-state index in [0.717, 1.165) is 12.1 Å². The number of hydrogen-bond donors (Lipinski definition) is 1. The summed E-state index contributed by atoms with van der Waals surface area (Å²) in [7, 11) is -4.54. The zero-order valence-corrected chi connectivity index (χ0v) is 7.95. The standard InChI is InChI=1S/C8H4O6S/c9-7-4-1-2-5(8(10)14-7)6(3-4)15(11,12)13/h1-3H,(H,11,12,13). The minimum atomic E-state index is -4.54. The van der Waals surface area contributed by atoms with Crippen LogP contribution in [-0.4, -0.2) is 13.0 Å². The minimum absolute atomic E-state index is 0.0998. The Labute approximate surface area is 82.9 Å². The lowest BCUT2D eigenvalue weighted by molar-refractivity contribution is 0.481. The van der Waals surface area contributed by atoms with Crippen molar-refractivity contribution in [2.24, 2.45) is 0 Å². The van der Waals surface area contributed by atoms with Crippen LogP contribution in [0.1, 0.15) is 0 Å². The van der Waals surface area contributed by atoms with Crippen LogP contribution in [0.3, 0.4) is 0 Å². The van der Waals surface area contributed by atoms with Crippen molar-refractivity contribution >= 4 is 20.9 Å². The van der Waals surface area contributed by atoms with E-state index >= 15 is 0 Å². The van der Waals surface area contributed by atoms with Gasteiger partial charge in [-0.3, -0.25) is 4.55 Å². The van der Waals surface area contributed by atoms with E-state index in [-0.39, 0.29) is 10.8 Å². The molecule has 0 atom stereocenters. The first-order valence-electron chi connectivity index (χ1n) is 3.77. The summed E-state index contributed by atoms with van der Waals surface area (Å²) in [6.07, 6.45) is 0. The average molecular weight is 228 g/mol. The highest BCUT2D eigenvalue weighted by Gasteiger charge is 2.17. The molecule has 6 nitrogen and oxygen atoms in total. The molecule has 2 aromatic heterocycles. The van der Waals surface area contributed by atoms with Gasteiger partial charge >= 0.3 is 11.3 Å². The van der Waals surface area contributed by atoms with Crippen LogP contribution in [0, 0.1) is 0 Å². The van der Waals surface area contributed by atoms with E-state index < -0.39 is 26.3 Å². The monoisotopic (exact) mass is 228 g/mol. The van der Waals surface area contributed by atoms with Gasteiger partial charge in [0.2, 0.25) is 0 Å². The van der Waals surface area contributed by atoms with Crippen molar-refractivity contribution in [2.45, 2.75) is 4.90 Å². The van der Waals surface area contributed by atoms with E-state index in [1.165, 1.54) is 6.07 Å². The van der Waals surface area contributed by atoms with Crippen molar-refractivity contribution in [1.29, 1.82) is 0 Å². The molecular weight excluding hydrogens is 224 g/mol. The van der Waals surface area contributed by atoms with Gasteiger partial charge in [-0.15, -0.1) is 0 Å². The molecule has 1 aromatic carbocycles. The van der Waals surface area contributed by atoms with Crippen molar-refractivity contribution in [3.8, 4) is 0 Å². The molecule has 78 valence electrons. The Balaban J connectivity index is 3.18. The predicted molar refractivity (Wildman–Crippen MR) is 49.8 cm³/mol. The summed E-state index contributed by atoms with van der Waals surface area (Å²) in [5.74, 6) is 0. The number of fused-ring (bicyclic) bond motifs is 4. The summed E-state index contributed by atoms with van der Waals surface area (Å²) in [6.45, 7) is 0. The molecular formula is C8H4O6S. The third-order valence-corrected chi connectivity index (χ3v) is 2.79. The smallest absolute Gasteiger partial charge is 0.347 e. The molecule has 0 aliphatic carbocycles. The topological polar surface area (TPSA) is 102 Å². The molecule has 2 heterocycles. The van der Waals surface area contributed by atoms with Crippen LogP contribution in [0.15, 0.2) is 37.1 Å². The fourth-order valence-electron chi connectivity index (χ4n) is 1.23. The largest absolute Gasteiger partial charge is 0.386 e. The van der Waals surface area contributed by atoms with Crippen LogP contribution in [0.2, 0.25) is 0 Å². The first kappa shape index (κ1) is 9.81. The maximum atomic E-state index is 11.2. The van der Waals surface area contributed by atoms with Gasteiger partial charge in [-0.25, -0.2) is 9.59 Å². The summed E-state index contributed by atoms with van der Waals surface area (Å²) >= 11 is 0. The Morgan fingerprint density at radius 2 is 1.80 bits per heavy atom. The SMILES string of the molecule is O=c1oc(=O)c2ccc1cc2S(=O)(=O)O. The van der Waals surface area contributed by atoms with E-state index in [0.29, 0.717) is 0 Å².